The van der Waals surface area contributed by atoms with Crippen LogP contribution < -0.4 is 10.1 Å². The van der Waals surface area contributed by atoms with Gasteiger partial charge in [-0.15, -0.1) is 0 Å². The van der Waals surface area contributed by atoms with Crippen molar-refractivity contribution in [3.63, 3.8) is 0 Å². The van der Waals surface area contributed by atoms with Gasteiger partial charge in [-0.2, -0.15) is 15.0 Å². The molecule has 0 bridgehead atoms. The van der Waals surface area contributed by atoms with E-state index in [0.717, 1.165) is 25.6 Å². The lowest BCUT2D eigenvalue weighted by molar-refractivity contribution is 0.220. The van der Waals surface area contributed by atoms with Gasteiger partial charge < -0.3 is 15.0 Å². The van der Waals surface area contributed by atoms with Crippen LogP contribution in [-0.4, -0.2) is 52.6 Å². The highest BCUT2D eigenvalue weighted by atomic mass is 35.5. The molecule has 106 valence electrons. The number of nitrogens with one attached hydrogen (secondary N) is 1. The van der Waals surface area contributed by atoms with Crippen molar-refractivity contribution in [1.82, 2.24) is 19.9 Å². The molecule has 1 saturated carbocycles. The molecule has 6 nitrogen and oxygen atoms in total. The number of hydrogen-bond donors (Lipinski definition) is 1. The smallest absolute Gasteiger partial charge is 0.322 e. The summed E-state index contributed by atoms with van der Waals surface area (Å²) in [4.78, 5) is 14.4. The molecule has 0 aliphatic heterocycles. The molecule has 7 heteroatoms. The van der Waals surface area contributed by atoms with Gasteiger partial charge >= 0.3 is 6.01 Å². The van der Waals surface area contributed by atoms with Gasteiger partial charge in [-0.05, 0) is 37.9 Å². The van der Waals surface area contributed by atoms with Crippen LogP contribution in [0.3, 0.4) is 0 Å². The first kappa shape index (κ1) is 14.3. The minimum absolute atomic E-state index is 0.152. The minimum atomic E-state index is 0.152. The fourth-order valence-corrected chi connectivity index (χ4v) is 1.84. The van der Waals surface area contributed by atoms with Crippen molar-refractivity contribution in [2.24, 2.45) is 0 Å². The Balaban J connectivity index is 1.82. The van der Waals surface area contributed by atoms with E-state index in [9.17, 15) is 0 Å². The summed E-state index contributed by atoms with van der Waals surface area (Å²) in [6, 6.07) is 1.01. The number of anilines is 1. The van der Waals surface area contributed by atoms with Crippen LogP contribution in [0.1, 0.15) is 26.2 Å². The van der Waals surface area contributed by atoms with Crippen molar-refractivity contribution in [2.45, 2.75) is 32.2 Å². The van der Waals surface area contributed by atoms with Crippen molar-refractivity contribution < 1.29 is 4.74 Å². The molecule has 1 aromatic heterocycles. The summed E-state index contributed by atoms with van der Waals surface area (Å²) >= 11 is 5.84. The summed E-state index contributed by atoms with van der Waals surface area (Å²) in [5.41, 5.74) is 0. The molecule has 2 rings (SSSR count). The second kappa shape index (κ2) is 6.86. The van der Waals surface area contributed by atoms with Gasteiger partial charge in [-0.25, -0.2) is 0 Å². The van der Waals surface area contributed by atoms with Crippen LogP contribution in [-0.2, 0) is 0 Å². The topological polar surface area (TPSA) is 63.2 Å². The highest BCUT2D eigenvalue weighted by molar-refractivity contribution is 6.28. The van der Waals surface area contributed by atoms with Crippen LogP contribution in [0, 0.1) is 0 Å². The molecule has 0 atom stereocenters. The summed E-state index contributed by atoms with van der Waals surface area (Å²) in [5, 5.41) is 3.22. The number of ether oxygens (including phenoxy) is 1. The SMILES string of the molecule is CCCNc1nc(Cl)nc(OCCN(C)C2CC2)n1. The number of likely N-dealkylation sites (N-methyl/N-ethyl adjacent to an activating group) is 1. The Morgan fingerprint density at radius 2 is 2.16 bits per heavy atom. The molecule has 0 saturated heterocycles. The van der Waals surface area contributed by atoms with E-state index in [1.54, 1.807) is 0 Å². The Morgan fingerprint density at radius 3 is 2.84 bits per heavy atom. The Kier molecular flexibility index (Phi) is 5.15. The lowest BCUT2D eigenvalue weighted by atomic mass is 10.5. The standard InChI is InChI=1S/C12H20ClN5O/c1-3-6-14-11-15-10(13)16-12(17-11)19-8-7-18(2)9-4-5-9/h9H,3-8H2,1-2H3,(H,14,15,16,17). The van der Waals surface area contributed by atoms with Crippen LogP contribution >= 0.6 is 11.6 Å². The third-order valence-electron chi connectivity index (χ3n) is 2.97. The van der Waals surface area contributed by atoms with E-state index >= 15 is 0 Å². The van der Waals surface area contributed by atoms with Crippen molar-refractivity contribution in [3.8, 4) is 6.01 Å². The highest BCUT2D eigenvalue weighted by Gasteiger charge is 2.25. The second-order valence-electron chi connectivity index (χ2n) is 4.70. The Bertz CT molecular complexity index is 413. The summed E-state index contributed by atoms with van der Waals surface area (Å²) in [6.07, 6.45) is 3.57. The van der Waals surface area contributed by atoms with Crippen LogP contribution in [0.25, 0.3) is 0 Å². The number of hydrogen-bond acceptors (Lipinski definition) is 6. The van der Waals surface area contributed by atoms with Gasteiger partial charge in [0.1, 0.15) is 6.61 Å². The monoisotopic (exact) mass is 285 g/mol. The van der Waals surface area contributed by atoms with Crippen molar-refractivity contribution >= 4 is 17.5 Å². The van der Waals surface area contributed by atoms with Crippen LogP contribution in [0.5, 0.6) is 6.01 Å². The fourth-order valence-electron chi connectivity index (χ4n) is 1.69. The number of aromatic nitrogens is 3. The molecule has 1 aromatic rings. The third-order valence-corrected chi connectivity index (χ3v) is 3.14. The maximum absolute atomic E-state index is 5.84. The van der Waals surface area contributed by atoms with Crippen LogP contribution in [0.4, 0.5) is 5.95 Å². The largest absolute Gasteiger partial charge is 0.462 e. The molecule has 0 radical (unpaired) electrons. The van der Waals surface area contributed by atoms with E-state index in [4.69, 9.17) is 16.3 Å². The van der Waals surface area contributed by atoms with Gasteiger partial charge in [0.2, 0.25) is 11.2 Å². The first-order chi connectivity index (χ1) is 9.19. The maximum atomic E-state index is 5.84. The quantitative estimate of drug-likeness (QED) is 0.786. The average Bonchev–Trinajstić information content (AvgIpc) is 3.20. The fraction of sp³-hybridized carbons (Fsp3) is 0.750. The lowest BCUT2D eigenvalue weighted by Gasteiger charge is -2.15. The molecule has 0 unspecified atom stereocenters. The molecule has 0 amide bonds. The normalized spacial score (nSPS) is 14.7. The maximum Gasteiger partial charge on any atom is 0.322 e. The Morgan fingerprint density at radius 1 is 1.37 bits per heavy atom. The van der Waals surface area contributed by atoms with E-state index in [-0.39, 0.29) is 11.3 Å². The number of nitrogens with zero attached hydrogens (tertiary/aromatic N) is 4. The summed E-state index contributed by atoms with van der Waals surface area (Å²) < 4.78 is 5.53. The summed E-state index contributed by atoms with van der Waals surface area (Å²) in [5.74, 6) is 0.465. The molecular formula is C12H20ClN5O. The average molecular weight is 286 g/mol. The molecule has 1 aliphatic rings. The van der Waals surface area contributed by atoms with Gasteiger partial charge in [0.25, 0.3) is 0 Å². The van der Waals surface area contributed by atoms with E-state index in [0.29, 0.717) is 12.6 Å². The first-order valence-corrected chi connectivity index (χ1v) is 7.05. The van der Waals surface area contributed by atoms with Gasteiger partial charge in [-0.1, -0.05) is 6.92 Å². The predicted octanol–water partition coefficient (Wildman–Crippen LogP) is 1.82. The molecule has 0 aromatic carbocycles. The summed E-state index contributed by atoms with van der Waals surface area (Å²) in [6.45, 7) is 4.29. The first-order valence-electron chi connectivity index (χ1n) is 6.67. The van der Waals surface area contributed by atoms with Crippen molar-refractivity contribution in [3.05, 3.63) is 5.28 Å². The van der Waals surface area contributed by atoms with E-state index in [2.05, 4.69) is 39.1 Å². The zero-order valence-electron chi connectivity index (χ0n) is 11.4. The van der Waals surface area contributed by atoms with E-state index < -0.39 is 0 Å². The van der Waals surface area contributed by atoms with E-state index in [1.807, 2.05) is 0 Å². The minimum Gasteiger partial charge on any atom is -0.462 e. The molecule has 1 fully saturated rings. The Hall–Kier alpha value is -1.14. The highest BCUT2D eigenvalue weighted by Crippen LogP contribution is 2.24. The van der Waals surface area contributed by atoms with Gasteiger partial charge in [0.15, 0.2) is 0 Å². The lowest BCUT2D eigenvalue weighted by Crippen LogP contribution is -2.26. The van der Waals surface area contributed by atoms with Gasteiger partial charge in [0, 0.05) is 19.1 Å². The molecule has 1 N–H and O–H groups in total. The van der Waals surface area contributed by atoms with Crippen molar-refractivity contribution in [2.75, 3.05) is 32.1 Å². The third kappa shape index (κ3) is 4.80. The van der Waals surface area contributed by atoms with Gasteiger partial charge in [0.05, 0.1) is 0 Å². The second-order valence-corrected chi connectivity index (χ2v) is 5.04. The van der Waals surface area contributed by atoms with E-state index in [1.165, 1.54) is 12.8 Å². The molecule has 19 heavy (non-hydrogen) atoms. The van der Waals surface area contributed by atoms with Crippen molar-refractivity contribution in [1.29, 1.82) is 0 Å². The van der Waals surface area contributed by atoms with Crippen LogP contribution in [0.2, 0.25) is 5.28 Å². The zero-order chi connectivity index (χ0) is 13.7. The molecule has 1 aliphatic carbocycles. The molecule has 1 heterocycles. The molecule has 0 spiro atoms. The Labute approximate surface area is 118 Å². The summed E-state index contributed by atoms with van der Waals surface area (Å²) in [7, 11) is 2.11. The van der Waals surface area contributed by atoms with Gasteiger partial charge in [-0.3, -0.25) is 0 Å². The zero-order valence-corrected chi connectivity index (χ0v) is 12.2. The predicted molar refractivity (Wildman–Crippen MR) is 74.8 cm³/mol. The molecular weight excluding hydrogens is 266 g/mol. The number of rotatable bonds is 8. The number of halogens is 1. The van der Waals surface area contributed by atoms with Crippen LogP contribution in [0.15, 0.2) is 0 Å².